The van der Waals surface area contributed by atoms with E-state index >= 15 is 0 Å². The molecular formula is C16H21NS. The zero-order valence-corrected chi connectivity index (χ0v) is 12.0. The highest BCUT2D eigenvalue weighted by molar-refractivity contribution is 7.99. The fourth-order valence-corrected chi connectivity index (χ4v) is 3.27. The number of benzene rings is 2. The van der Waals surface area contributed by atoms with Crippen LogP contribution in [0.5, 0.6) is 0 Å². The third-order valence-corrected chi connectivity index (χ3v) is 4.45. The summed E-state index contributed by atoms with van der Waals surface area (Å²) in [4.78, 5) is 0. The molecule has 18 heavy (non-hydrogen) atoms. The Morgan fingerprint density at radius 2 is 1.89 bits per heavy atom. The molecule has 0 aliphatic heterocycles. The molecule has 2 rings (SSSR count). The Kier molecular flexibility index (Phi) is 5.09. The van der Waals surface area contributed by atoms with Crippen LogP contribution in [-0.4, -0.2) is 18.6 Å². The smallest absolute Gasteiger partial charge is 0.0415 e. The van der Waals surface area contributed by atoms with Crippen LogP contribution in [-0.2, 0) is 0 Å². The standard InChI is InChI=1S/C16H21NS/c1-3-11-18-12-16(17-2)15-10-6-8-13-7-4-5-9-14(13)15/h4-10,16-17H,3,11-12H2,1-2H3. The Morgan fingerprint density at radius 1 is 1.11 bits per heavy atom. The van der Waals surface area contributed by atoms with Crippen LogP contribution in [0.25, 0.3) is 10.8 Å². The third kappa shape index (κ3) is 3.06. The molecule has 1 atom stereocenters. The molecule has 2 aromatic carbocycles. The molecule has 0 heterocycles. The summed E-state index contributed by atoms with van der Waals surface area (Å²) in [7, 11) is 2.05. The highest BCUT2D eigenvalue weighted by atomic mass is 32.2. The second-order valence-corrected chi connectivity index (χ2v) is 5.63. The first-order chi connectivity index (χ1) is 8.86. The molecule has 96 valence electrons. The molecule has 1 nitrogen and oxygen atoms in total. The summed E-state index contributed by atoms with van der Waals surface area (Å²) in [6.45, 7) is 2.24. The Hall–Kier alpha value is -0.990. The molecule has 1 N–H and O–H groups in total. The first kappa shape index (κ1) is 13.4. The van der Waals surface area contributed by atoms with E-state index in [9.17, 15) is 0 Å². The van der Waals surface area contributed by atoms with Crippen LogP contribution in [0.3, 0.4) is 0 Å². The van der Waals surface area contributed by atoms with Crippen molar-refractivity contribution in [3.8, 4) is 0 Å². The average Bonchev–Trinajstić information content (AvgIpc) is 2.43. The van der Waals surface area contributed by atoms with Crippen molar-refractivity contribution in [2.75, 3.05) is 18.6 Å². The van der Waals surface area contributed by atoms with E-state index in [2.05, 4.69) is 61.8 Å². The maximum Gasteiger partial charge on any atom is 0.0415 e. The quantitative estimate of drug-likeness (QED) is 0.779. The van der Waals surface area contributed by atoms with Gasteiger partial charge in [-0.3, -0.25) is 0 Å². The van der Waals surface area contributed by atoms with Crippen molar-refractivity contribution in [1.82, 2.24) is 5.32 Å². The number of fused-ring (bicyclic) bond motifs is 1. The van der Waals surface area contributed by atoms with Gasteiger partial charge in [0.1, 0.15) is 0 Å². The highest BCUT2D eigenvalue weighted by Crippen LogP contribution is 2.26. The lowest BCUT2D eigenvalue weighted by molar-refractivity contribution is 0.666. The van der Waals surface area contributed by atoms with E-state index < -0.39 is 0 Å². The predicted molar refractivity (Wildman–Crippen MR) is 83.4 cm³/mol. The van der Waals surface area contributed by atoms with Gasteiger partial charge >= 0.3 is 0 Å². The van der Waals surface area contributed by atoms with Gasteiger partial charge in [0, 0.05) is 11.8 Å². The molecule has 0 saturated carbocycles. The highest BCUT2D eigenvalue weighted by Gasteiger charge is 2.11. The van der Waals surface area contributed by atoms with E-state index in [0.717, 1.165) is 5.75 Å². The normalized spacial score (nSPS) is 12.8. The molecule has 0 fully saturated rings. The number of nitrogens with one attached hydrogen (secondary N) is 1. The van der Waals surface area contributed by atoms with E-state index in [1.165, 1.54) is 28.5 Å². The molecule has 0 amide bonds. The van der Waals surface area contributed by atoms with Crippen molar-refractivity contribution in [2.45, 2.75) is 19.4 Å². The molecule has 0 bridgehead atoms. The maximum absolute atomic E-state index is 3.45. The van der Waals surface area contributed by atoms with Crippen LogP contribution in [0.1, 0.15) is 24.9 Å². The van der Waals surface area contributed by atoms with Crippen LogP contribution < -0.4 is 5.32 Å². The van der Waals surface area contributed by atoms with Gasteiger partial charge in [0.15, 0.2) is 0 Å². The topological polar surface area (TPSA) is 12.0 Å². The van der Waals surface area contributed by atoms with Crippen molar-refractivity contribution >= 4 is 22.5 Å². The van der Waals surface area contributed by atoms with E-state index in [4.69, 9.17) is 0 Å². The summed E-state index contributed by atoms with van der Waals surface area (Å²) in [5.74, 6) is 2.38. The van der Waals surface area contributed by atoms with Crippen LogP contribution in [0, 0.1) is 0 Å². The molecule has 0 spiro atoms. The van der Waals surface area contributed by atoms with Gasteiger partial charge in [-0.25, -0.2) is 0 Å². The van der Waals surface area contributed by atoms with Gasteiger partial charge in [0.2, 0.25) is 0 Å². The molecule has 0 saturated heterocycles. The summed E-state index contributed by atoms with van der Waals surface area (Å²) in [5, 5.41) is 6.15. The SMILES string of the molecule is CCCSCC(NC)c1cccc2ccccc12. The van der Waals surface area contributed by atoms with E-state index in [1.54, 1.807) is 0 Å². The summed E-state index contributed by atoms with van der Waals surface area (Å²) < 4.78 is 0. The van der Waals surface area contributed by atoms with Crippen molar-refractivity contribution < 1.29 is 0 Å². The minimum atomic E-state index is 0.438. The largest absolute Gasteiger partial charge is 0.312 e. The Bertz CT molecular complexity index is 490. The maximum atomic E-state index is 3.45. The number of rotatable bonds is 6. The molecule has 0 radical (unpaired) electrons. The summed E-state index contributed by atoms with van der Waals surface area (Å²) in [5.41, 5.74) is 1.42. The lowest BCUT2D eigenvalue weighted by Gasteiger charge is -2.18. The molecule has 0 aliphatic rings. The van der Waals surface area contributed by atoms with Crippen LogP contribution >= 0.6 is 11.8 Å². The van der Waals surface area contributed by atoms with E-state index in [0.29, 0.717) is 6.04 Å². The van der Waals surface area contributed by atoms with Gasteiger partial charge in [-0.05, 0) is 35.6 Å². The Morgan fingerprint density at radius 3 is 2.67 bits per heavy atom. The third-order valence-electron chi connectivity index (χ3n) is 3.18. The Labute approximate surface area is 114 Å². The molecular weight excluding hydrogens is 238 g/mol. The van der Waals surface area contributed by atoms with Gasteiger partial charge in [-0.2, -0.15) is 11.8 Å². The van der Waals surface area contributed by atoms with Gasteiger partial charge < -0.3 is 5.32 Å². The van der Waals surface area contributed by atoms with Gasteiger partial charge in [0.05, 0.1) is 0 Å². The zero-order chi connectivity index (χ0) is 12.8. The van der Waals surface area contributed by atoms with Crippen molar-refractivity contribution in [2.24, 2.45) is 0 Å². The zero-order valence-electron chi connectivity index (χ0n) is 11.1. The van der Waals surface area contributed by atoms with Crippen molar-refractivity contribution in [3.63, 3.8) is 0 Å². The average molecular weight is 259 g/mol. The van der Waals surface area contributed by atoms with Gasteiger partial charge in [-0.1, -0.05) is 49.4 Å². The molecule has 0 aliphatic carbocycles. The minimum Gasteiger partial charge on any atom is -0.312 e. The van der Waals surface area contributed by atoms with Gasteiger partial charge in [0.25, 0.3) is 0 Å². The number of thioether (sulfide) groups is 1. The first-order valence-electron chi connectivity index (χ1n) is 6.59. The summed E-state index contributed by atoms with van der Waals surface area (Å²) >= 11 is 2.03. The summed E-state index contributed by atoms with van der Waals surface area (Å²) in [6.07, 6.45) is 1.25. The summed E-state index contributed by atoms with van der Waals surface area (Å²) in [6, 6.07) is 15.7. The van der Waals surface area contributed by atoms with Crippen LogP contribution in [0.4, 0.5) is 0 Å². The van der Waals surface area contributed by atoms with Crippen LogP contribution in [0.2, 0.25) is 0 Å². The number of hydrogen-bond donors (Lipinski definition) is 1. The van der Waals surface area contributed by atoms with Gasteiger partial charge in [-0.15, -0.1) is 0 Å². The number of hydrogen-bond acceptors (Lipinski definition) is 2. The predicted octanol–water partition coefficient (Wildman–Crippen LogP) is 4.24. The lowest BCUT2D eigenvalue weighted by atomic mass is 10.00. The van der Waals surface area contributed by atoms with Crippen molar-refractivity contribution in [3.05, 3.63) is 48.0 Å². The molecule has 2 aromatic rings. The second-order valence-electron chi connectivity index (χ2n) is 4.48. The monoisotopic (exact) mass is 259 g/mol. The molecule has 1 unspecified atom stereocenters. The minimum absolute atomic E-state index is 0.438. The van der Waals surface area contributed by atoms with E-state index in [-0.39, 0.29) is 0 Å². The molecule has 0 aromatic heterocycles. The fraction of sp³-hybridized carbons (Fsp3) is 0.375. The lowest BCUT2D eigenvalue weighted by Crippen LogP contribution is -2.19. The Balaban J connectivity index is 2.27. The first-order valence-corrected chi connectivity index (χ1v) is 7.75. The molecule has 2 heteroatoms. The second kappa shape index (κ2) is 6.81. The fourth-order valence-electron chi connectivity index (χ4n) is 2.23. The van der Waals surface area contributed by atoms with Crippen LogP contribution in [0.15, 0.2) is 42.5 Å². The van der Waals surface area contributed by atoms with Crippen molar-refractivity contribution in [1.29, 1.82) is 0 Å². The van der Waals surface area contributed by atoms with E-state index in [1.807, 2.05) is 11.8 Å².